The van der Waals surface area contributed by atoms with Gasteiger partial charge in [-0.15, -0.1) is 0 Å². The van der Waals surface area contributed by atoms with Crippen LogP contribution in [0, 0.1) is 0 Å². The molecule has 4 atom stereocenters. The Labute approximate surface area is 230 Å². The first-order valence-electron chi connectivity index (χ1n) is 14.4. The Balaban J connectivity index is 1.72. The highest BCUT2D eigenvalue weighted by molar-refractivity contribution is 5.96. The van der Waals surface area contributed by atoms with Gasteiger partial charge in [-0.25, -0.2) is 0 Å². The average molecular weight is 543 g/mol. The molecule has 0 spiro atoms. The highest BCUT2D eigenvalue weighted by atomic mass is 16.5. The van der Waals surface area contributed by atoms with Crippen LogP contribution < -0.4 is 14.8 Å². The van der Waals surface area contributed by atoms with Crippen molar-refractivity contribution in [1.29, 1.82) is 0 Å². The highest BCUT2D eigenvalue weighted by Gasteiger charge is 2.52. The molecule has 1 saturated carbocycles. The molecule has 0 unspecified atom stereocenters. The standard InChI is InChI=1S/C30H42N2O7/c1-3-4-5-6-7-12-25(35)32(20-10-8-9-11-20)23-17-22(30(37)31-13-14-33)26-21-15-19(18-34)16-24(38-2)28(21)39-29(26)27(23)36/h15-18,20,23,26-27,29,33,36H,3-14H2,1-2H3,(H,31,37)/t23-,26+,27+,29+/m1/s1. The Hall–Kier alpha value is -2.91. The second-order valence-electron chi connectivity index (χ2n) is 10.8. The molecular weight excluding hydrogens is 500 g/mol. The number of carbonyl (C=O) groups is 3. The number of hydrogen-bond donors (Lipinski definition) is 3. The monoisotopic (exact) mass is 542 g/mol. The number of fused-ring (bicyclic) bond motifs is 3. The average Bonchev–Trinajstić information content (AvgIpc) is 3.61. The molecular formula is C30H42N2O7. The summed E-state index contributed by atoms with van der Waals surface area (Å²) in [7, 11) is 1.47. The van der Waals surface area contributed by atoms with E-state index in [1.807, 2.05) is 4.90 Å². The van der Waals surface area contributed by atoms with Gasteiger partial charge in [-0.1, -0.05) is 45.4 Å². The van der Waals surface area contributed by atoms with Crippen molar-refractivity contribution in [1.82, 2.24) is 10.2 Å². The summed E-state index contributed by atoms with van der Waals surface area (Å²) in [6.45, 7) is 2.00. The van der Waals surface area contributed by atoms with Crippen LogP contribution in [0.1, 0.15) is 93.0 Å². The van der Waals surface area contributed by atoms with Crippen molar-refractivity contribution in [3.63, 3.8) is 0 Å². The third kappa shape index (κ3) is 6.14. The van der Waals surface area contributed by atoms with Crippen molar-refractivity contribution < 1.29 is 34.1 Å². The number of aliphatic hydroxyl groups excluding tert-OH is 2. The number of rotatable bonds is 13. The van der Waals surface area contributed by atoms with Crippen LogP contribution in [0.15, 0.2) is 23.8 Å². The first-order valence-corrected chi connectivity index (χ1v) is 14.4. The van der Waals surface area contributed by atoms with E-state index in [0.29, 0.717) is 40.9 Å². The zero-order valence-electron chi connectivity index (χ0n) is 23.1. The van der Waals surface area contributed by atoms with Crippen molar-refractivity contribution >= 4 is 18.1 Å². The maximum Gasteiger partial charge on any atom is 0.247 e. The van der Waals surface area contributed by atoms with Gasteiger partial charge in [0.15, 0.2) is 11.5 Å². The lowest BCUT2D eigenvalue weighted by atomic mass is 9.77. The minimum Gasteiger partial charge on any atom is -0.493 e. The van der Waals surface area contributed by atoms with E-state index in [0.717, 1.165) is 57.8 Å². The van der Waals surface area contributed by atoms with Crippen LogP contribution in [0.3, 0.4) is 0 Å². The highest BCUT2D eigenvalue weighted by Crippen LogP contribution is 2.51. The zero-order chi connectivity index (χ0) is 27.9. The number of aliphatic hydroxyl groups is 2. The van der Waals surface area contributed by atoms with E-state index in [2.05, 4.69) is 12.2 Å². The number of hydrogen-bond acceptors (Lipinski definition) is 7. The number of methoxy groups -OCH3 is 1. The van der Waals surface area contributed by atoms with Gasteiger partial charge in [-0.2, -0.15) is 0 Å². The third-order valence-corrected chi connectivity index (χ3v) is 8.23. The maximum absolute atomic E-state index is 13.7. The quantitative estimate of drug-likeness (QED) is 0.258. The largest absolute Gasteiger partial charge is 0.493 e. The second kappa shape index (κ2) is 13.4. The summed E-state index contributed by atoms with van der Waals surface area (Å²) in [5.41, 5.74) is 1.30. The van der Waals surface area contributed by atoms with Gasteiger partial charge in [-0.05, 0) is 37.5 Å². The molecule has 2 aliphatic carbocycles. The summed E-state index contributed by atoms with van der Waals surface area (Å²) in [5, 5.41) is 23.8. The number of benzene rings is 1. The van der Waals surface area contributed by atoms with Crippen molar-refractivity contribution in [2.45, 2.75) is 101 Å². The summed E-state index contributed by atoms with van der Waals surface area (Å²) in [6.07, 6.45) is 9.76. The van der Waals surface area contributed by atoms with Crippen LogP contribution in [0.5, 0.6) is 11.5 Å². The fourth-order valence-electron chi connectivity index (χ4n) is 6.33. The van der Waals surface area contributed by atoms with Crippen molar-refractivity contribution in [3.8, 4) is 11.5 Å². The molecule has 214 valence electrons. The zero-order valence-corrected chi connectivity index (χ0v) is 23.1. The molecule has 1 fully saturated rings. The number of ether oxygens (including phenoxy) is 2. The van der Waals surface area contributed by atoms with Crippen LogP contribution in [-0.2, 0) is 9.59 Å². The Kier molecular flexibility index (Phi) is 10.0. The van der Waals surface area contributed by atoms with Crippen LogP contribution in [0.2, 0.25) is 0 Å². The lowest BCUT2D eigenvalue weighted by Gasteiger charge is -2.43. The molecule has 2 amide bonds. The smallest absolute Gasteiger partial charge is 0.247 e. The predicted molar refractivity (Wildman–Crippen MR) is 146 cm³/mol. The Morgan fingerprint density at radius 3 is 2.59 bits per heavy atom. The fraction of sp³-hybridized carbons (Fsp3) is 0.633. The van der Waals surface area contributed by atoms with E-state index in [1.54, 1.807) is 18.2 Å². The first-order chi connectivity index (χ1) is 18.9. The summed E-state index contributed by atoms with van der Waals surface area (Å²) in [5.74, 6) is -0.342. The Morgan fingerprint density at radius 1 is 1.18 bits per heavy atom. The van der Waals surface area contributed by atoms with Crippen LogP contribution in [0.25, 0.3) is 0 Å². The lowest BCUT2D eigenvalue weighted by molar-refractivity contribution is -0.140. The topological polar surface area (TPSA) is 125 Å². The molecule has 3 N–H and O–H groups in total. The molecule has 0 saturated heterocycles. The minimum absolute atomic E-state index is 0.0106. The van der Waals surface area contributed by atoms with Crippen LogP contribution in [0.4, 0.5) is 0 Å². The van der Waals surface area contributed by atoms with Gasteiger partial charge in [0.1, 0.15) is 18.5 Å². The normalized spacial score (nSPS) is 23.8. The molecule has 39 heavy (non-hydrogen) atoms. The molecule has 0 radical (unpaired) electrons. The first kappa shape index (κ1) is 29.1. The molecule has 1 aromatic carbocycles. The van der Waals surface area contributed by atoms with E-state index in [9.17, 15) is 24.6 Å². The van der Waals surface area contributed by atoms with Gasteiger partial charge in [-0.3, -0.25) is 14.4 Å². The van der Waals surface area contributed by atoms with Gasteiger partial charge in [0.2, 0.25) is 11.8 Å². The molecule has 1 aromatic rings. The van der Waals surface area contributed by atoms with E-state index < -0.39 is 30.1 Å². The number of nitrogens with one attached hydrogen (secondary N) is 1. The molecule has 1 heterocycles. The van der Waals surface area contributed by atoms with Crippen molar-refractivity contribution in [2.24, 2.45) is 0 Å². The number of unbranched alkanes of at least 4 members (excludes halogenated alkanes) is 4. The van der Waals surface area contributed by atoms with E-state index in [-0.39, 0.29) is 25.1 Å². The van der Waals surface area contributed by atoms with Crippen LogP contribution >= 0.6 is 0 Å². The van der Waals surface area contributed by atoms with Crippen LogP contribution in [-0.4, -0.2) is 77.8 Å². The molecule has 1 aliphatic heterocycles. The molecule has 9 heteroatoms. The van der Waals surface area contributed by atoms with Gasteiger partial charge >= 0.3 is 0 Å². The molecule has 3 aliphatic rings. The molecule has 0 bridgehead atoms. The van der Waals surface area contributed by atoms with Crippen molar-refractivity contribution in [3.05, 3.63) is 34.9 Å². The van der Waals surface area contributed by atoms with Gasteiger partial charge in [0.05, 0.1) is 25.7 Å². The van der Waals surface area contributed by atoms with E-state index >= 15 is 0 Å². The fourth-order valence-corrected chi connectivity index (χ4v) is 6.33. The van der Waals surface area contributed by atoms with E-state index in [4.69, 9.17) is 9.47 Å². The number of amides is 2. The lowest BCUT2D eigenvalue weighted by Crippen LogP contribution is -2.58. The third-order valence-electron chi connectivity index (χ3n) is 8.23. The molecule has 0 aromatic heterocycles. The Morgan fingerprint density at radius 2 is 1.92 bits per heavy atom. The number of carbonyl (C=O) groups excluding carboxylic acids is 3. The SMILES string of the molecule is CCCCCCCC(=O)N(C1CCCC1)[C@@H]1C=C(C(=O)NCCO)[C@@H]2c3cc(C=O)cc(OC)c3O[C@@H]2[C@H]1O. The number of aldehydes is 1. The summed E-state index contributed by atoms with van der Waals surface area (Å²) in [6, 6.07) is 2.47. The Bertz CT molecular complexity index is 1070. The van der Waals surface area contributed by atoms with Gasteiger partial charge in [0, 0.05) is 35.7 Å². The number of nitrogens with zero attached hydrogens (tertiary/aromatic N) is 1. The summed E-state index contributed by atoms with van der Waals surface area (Å²) < 4.78 is 11.8. The van der Waals surface area contributed by atoms with E-state index in [1.165, 1.54) is 7.11 Å². The predicted octanol–water partition coefficient (Wildman–Crippen LogP) is 3.26. The molecule has 9 nitrogen and oxygen atoms in total. The summed E-state index contributed by atoms with van der Waals surface area (Å²) >= 11 is 0. The van der Waals surface area contributed by atoms with Gasteiger partial charge < -0.3 is 29.9 Å². The minimum atomic E-state index is -1.09. The van der Waals surface area contributed by atoms with Gasteiger partial charge in [0.25, 0.3) is 0 Å². The van der Waals surface area contributed by atoms with Crippen molar-refractivity contribution in [2.75, 3.05) is 20.3 Å². The maximum atomic E-state index is 13.7. The summed E-state index contributed by atoms with van der Waals surface area (Å²) in [4.78, 5) is 40.6. The molecule has 4 rings (SSSR count). The second-order valence-corrected chi connectivity index (χ2v) is 10.8.